The first-order chi connectivity index (χ1) is 8.08. The summed E-state index contributed by atoms with van der Waals surface area (Å²) in [6.07, 6.45) is 4.18. The third kappa shape index (κ3) is 2.91. The van der Waals surface area contributed by atoms with Crippen molar-refractivity contribution in [3.05, 3.63) is 23.2 Å². The number of amides is 1. The number of carboxylic acids is 1. The highest BCUT2D eigenvalue weighted by Crippen LogP contribution is 2.27. The second-order valence-corrected chi connectivity index (χ2v) is 4.17. The van der Waals surface area contributed by atoms with Gasteiger partial charge in [-0.3, -0.25) is 9.59 Å². The molecule has 0 saturated heterocycles. The molecule has 0 atom stereocenters. The fourth-order valence-corrected chi connectivity index (χ4v) is 1.57. The lowest BCUT2D eigenvalue weighted by Crippen LogP contribution is -2.37. The molecule has 1 N–H and O–H groups in total. The van der Waals surface area contributed by atoms with E-state index in [4.69, 9.17) is 16.7 Å². The number of aliphatic carboxylic acids is 1. The summed E-state index contributed by atoms with van der Waals surface area (Å²) in [4.78, 5) is 31.6. The van der Waals surface area contributed by atoms with Crippen molar-refractivity contribution in [2.24, 2.45) is 0 Å². The molecule has 0 bridgehead atoms. The highest BCUT2D eigenvalue weighted by Gasteiger charge is 2.34. The minimum atomic E-state index is -1.04. The third-order valence-corrected chi connectivity index (χ3v) is 2.59. The van der Waals surface area contributed by atoms with Gasteiger partial charge in [0, 0.05) is 6.04 Å². The molecule has 2 rings (SSSR count). The SMILES string of the molecule is O=C(O)CN(C(=O)c1cnc(Cl)cn1)C1CC1. The predicted octanol–water partition coefficient (Wildman–Crippen LogP) is 0.819. The van der Waals surface area contributed by atoms with Gasteiger partial charge in [0.25, 0.3) is 5.91 Å². The molecule has 1 aliphatic rings. The van der Waals surface area contributed by atoms with Crippen molar-refractivity contribution in [2.75, 3.05) is 6.54 Å². The number of halogens is 1. The van der Waals surface area contributed by atoms with Gasteiger partial charge in [0.1, 0.15) is 17.4 Å². The molecular formula is C10H10ClN3O3. The van der Waals surface area contributed by atoms with Crippen LogP contribution in [0.25, 0.3) is 0 Å². The highest BCUT2D eigenvalue weighted by atomic mass is 35.5. The van der Waals surface area contributed by atoms with Crippen LogP contribution in [0.15, 0.2) is 12.4 Å². The van der Waals surface area contributed by atoms with E-state index in [0.29, 0.717) is 0 Å². The van der Waals surface area contributed by atoms with Gasteiger partial charge in [-0.1, -0.05) is 11.6 Å². The van der Waals surface area contributed by atoms with E-state index in [9.17, 15) is 9.59 Å². The van der Waals surface area contributed by atoms with Gasteiger partial charge in [0.05, 0.1) is 12.4 Å². The van der Waals surface area contributed by atoms with Gasteiger partial charge in [-0.05, 0) is 12.8 Å². The molecule has 7 heteroatoms. The summed E-state index contributed by atoms with van der Waals surface area (Å²) in [6, 6.07) is 0.0103. The van der Waals surface area contributed by atoms with E-state index in [1.807, 2.05) is 0 Å². The van der Waals surface area contributed by atoms with Crippen LogP contribution in [0.3, 0.4) is 0 Å². The first-order valence-corrected chi connectivity index (χ1v) is 5.46. The van der Waals surface area contributed by atoms with Crippen molar-refractivity contribution < 1.29 is 14.7 Å². The lowest BCUT2D eigenvalue weighted by Gasteiger charge is -2.19. The molecule has 0 unspecified atom stereocenters. The van der Waals surface area contributed by atoms with Crippen LogP contribution < -0.4 is 0 Å². The fraction of sp³-hybridized carbons (Fsp3) is 0.400. The lowest BCUT2D eigenvalue weighted by molar-refractivity contribution is -0.137. The average molecular weight is 256 g/mol. The molecule has 1 aromatic heterocycles. The van der Waals surface area contributed by atoms with Gasteiger partial charge in [-0.2, -0.15) is 0 Å². The Balaban J connectivity index is 2.15. The molecule has 90 valence electrons. The molecule has 1 saturated carbocycles. The van der Waals surface area contributed by atoms with E-state index in [2.05, 4.69) is 9.97 Å². The predicted molar refractivity (Wildman–Crippen MR) is 58.7 cm³/mol. The number of rotatable bonds is 4. The van der Waals surface area contributed by atoms with E-state index >= 15 is 0 Å². The van der Waals surface area contributed by atoms with Crippen LogP contribution in [0.1, 0.15) is 23.3 Å². The fourth-order valence-electron chi connectivity index (χ4n) is 1.47. The molecule has 6 nitrogen and oxygen atoms in total. The Kier molecular flexibility index (Phi) is 3.23. The molecule has 0 aliphatic heterocycles. The monoisotopic (exact) mass is 255 g/mol. The van der Waals surface area contributed by atoms with E-state index in [1.165, 1.54) is 17.3 Å². The van der Waals surface area contributed by atoms with Crippen LogP contribution in [-0.4, -0.2) is 44.4 Å². The number of hydrogen-bond donors (Lipinski definition) is 1. The zero-order valence-electron chi connectivity index (χ0n) is 8.84. The minimum Gasteiger partial charge on any atom is -0.480 e. The van der Waals surface area contributed by atoms with Crippen LogP contribution in [0, 0.1) is 0 Å². The quantitative estimate of drug-likeness (QED) is 0.861. The van der Waals surface area contributed by atoms with E-state index in [-0.39, 0.29) is 23.4 Å². The van der Waals surface area contributed by atoms with Crippen molar-refractivity contribution in [3.63, 3.8) is 0 Å². The summed E-state index contributed by atoms with van der Waals surface area (Å²) in [7, 11) is 0. The summed E-state index contributed by atoms with van der Waals surface area (Å²) in [5.74, 6) is -1.45. The first-order valence-electron chi connectivity index (χ1n) is 5.08. The average Bonchev–Trinajstić information content (AvgIpc) is 3.09. The van der Waals surface area contributed by atoms with Gasteiger partial charge < -0.3 is 10.0 Å². The minimum absolute atomic E-state index is 0.0103. The number of carbonyl (C=O) groups excluding carboxylic acids is 1. The maximum Gasteiger partial charge on any atom is 0.323 e. The Hall–Kier alpha value is -1.69. The number of carboxylic acid groups (broad SMARTS) is 1. The highest BCUT2D eigenvalue weighted by molar-refractivity contribution is 6.29. The summed E-state index contributed by atoms with van der Waals surface area (Å²) < 4.78 is 0. The molecule has 1 aliphatic carbocycles. The molecule has 17 heavy (non-hydrogen) atoms. The van der Waals surface area contributed by atoms with E-state index in [1.54, 1.807) is 0 Å². The number of nitrogens with zero attached hydrogens (tertiary/aromatic N) is 3. The smallest absolute Gasteiger partial charge is 0.323 e. The molecular weight excluding hydrogens is 246 g/mol. The Labute approximate surface area is 102 Å². The van der Waals surface area contributed by atoms with Crippen LogP contribution in [0.2, 0.25) is 5.15 Å². The molecule has 1 heterocycles. The van der Waals surface area contributed by atoms with Crippen LogP contribution in [0.4, 0.5) is 0 Å². The summed E-state index contributed by atoms with van der Waals surface area (Å²) in [5, 5.41) is 8.94. The molecule has 1 amide bonds. The maximum atomic E-state index is 12.0. The number of aromatic nitrogens is 2. The third-order valence-electron chi connectivity index (χ3n) is 2.39. The van der Waals surface area contributed by atoms with Crippen LogP contribution in [-0.2, 0) is 4.79 Å². The molecule has 1 fully saturated rings. The standard InChI is InChI=1S/C10H10ClN3O3/c11-8-4-12-7(3-13-8)10(17)14(5-9(15)16)6-1-2-6/h3-4,6H,1-2,5H2,(H,15,16). The Morgan fingerprint density at radius 1 is 1.41 bits per heavy atom. The molecule has 0 aromatic carbocycles. The largest absolute Gasteiger partial charge is 0.480 e. The van der Waals surface area contributed by atoms with Gasteiger partial charge >= 0.3 is 5.97 Å². The first kappa shape index (κ1) is 11.8. The second-order valence-electron chi connectivity index (χ2n) is 3.78. The van der Waals surface area contributed by atoms with Crippen molar-refractivity contribution in [1.82, 2.24) is 14.9 Å². The zero-order chi connectivity index (χ0) is 12.4. The van der Waals surface area contributed by atoms with Gasteiger partial charge in [0.2, 0.25) is 0 Å². The van der Waals surface area contributed by atoms with E-state index < -0.39 is 11.9 Å². The van der Waals surface area contributed by atoms with Crippen molar-refractivity contribution in [3.8, 4) is 0 Å². The molecule has 0 radical (unpaired) electrons. The Bertz CT molecular complexity index is 445. The Morgan fingerprint density at radius 2 is 2.12 bits per heavy atom. The van der Waals surface area contributed by atoms with E-state index in [0.717, 1.165) is 12.8 Å². The summed E-state index contributed by atoms with van der Waals surface area (Å²) >= 11 is 5.56. The number of carbonyl (C=O) groups is 2. The van der Waals surface area contributed by atoms with Crippen molar-refractivity contribution >= 4 is 23.5 Å². The summed E-state index contributed by atoms with van der Waals surface area (Å²) in [6.45, 7) is -0.312. The maximum absolute atomic E-state index is 12.0. The number of hydrogen-bond acceptors (Lipinski definition) is 4. The molecule has 0 spiro atoms. The molecule has 1 aromatic rings. The zero-order valence-corrected chi connectivity index (χ0v) is 9.59. The normalized spacial score (nSPS) is 14.4. The van der Waals surface area contributed by atoms with Gasteiger partial charge in [0.15, 0.2) is 0 Å². The second kappa shape index (κ2) is 4.67. The Morgan fingerprint density at radius 3 is 2.59 bits per heavy atom. The van der Waals surface area contributed by atoms with Crippen molar-refractivity contribution in [1.29, 1.82) is 0 Å². The topological polar surface area (TPSA) is 83.4 Å². The summed E-state index contributed by atoms with van der Waals surface area (Å²) in [5.41, 5.74) is 0.113. The van der Waals surface area contributed by atoms with Crippen LogP contribution in [0.5, 0.6) is 0 Å². The van der Waals surface area contributed by atoms with Gasteiger partial charge in [-0.25, -0.2) is 9.97 Å². The lowest BCUT2D eigenvalue weighted by atomic mass is 10.3. The van der Waals surface area contributed by atoms with Gasteiger partial charge in [-0.15, -0.1) is 0 Å². The van der Waals surface area contributed by atoms with Crippen molar-refractivity contribution in [2.45, 2.75) is 18.9 Å². The van der Waals surface area contributed by atoms with Crippen LogP contribution >= 0.6 is 11.6 Å².